The molecular weight excluding hydrogens is 424 g/mol. The number of rotatable bonds is 5. The normalized spacial score (nSPS) is 17.8. The number of hydrogen-bond acceptors (Lipinski definition) is 5. The van der Waals surface area contributed by atoms with Crippen LogP contribution in [0.5, 0.6) is 0 Å². The van der Waals surface area contributed by atoms with Crippen LogP contribution >= 0.6 is 0 Å². The number of aromatic nitrogens is 4. The molecule has 7 nitrogen and oxygen atoms in total. The van der Waals surface area contributed by atoms with Crippen molar-refractivity contribution in [1.82, 2.24) is 24.4 Å². The van der Waals surface area contributed by atoms with Crippen LogP contribution < -0.4 is 16.6 Å². The minimum atomic E-state index is -0.0495. The minimum Gasteiger partial charge on any atom is -0.383 e. The topological polar surface area (TPSA) is 90.8 Å². The van der Waals surface area contributed by atoms with E-state index in [9.17, 15) is 4.79 Å². The average molecular weight is 451 g/mol. The maximum absolute atomic E-state index is 13.4. The third-order valence-corrected chi connectivity index (χ3v) is 7.09. The second-order valence-electron chi connectivity index (χ2n) is 9.00. The fraction of sp³-hybridized carbons (Fsp3) is 0.222. The predicted molar refractivity (Wildman–Crippen MR) is 136 cm³/mol. The van der Waals surface area contributed by atoms with Crippen LogP contribution in [0, 0.1) is 5.92 Å². The van der Waals surface area contributed by atoms with Gasteiger partial charge < -0.3 is 15.6 Å². The molecule has 1 fully saturated rings. The Morgan fingerprint density at radius 2 is 1.94 bits per heavy atom. The highest BCUT2D eigenvalue weighted by molar-refractivity contribution is 6.02. The van der Waals surface area contributed by atoms with Gasteiger partial charge in [0.1, 0.15) is 17.8 Å². The molecule has 0 spiro atoms. The Morgan fingerprint density at radius 3 is 2.71 bits per heavy atom. The first kappa shape index (κ1) is 20.6. The number of nitrogens with one attached hydrogen (secondary N) is 1. The molecule has 1 aliphatic rings. The molecule has 3 aromatic heterocycles. The number of nitrogens with zero attached hydrogens (tertiary/aromatic N) is 4. The lowest BCUT2D eigenvalue weighted by molar-refractivity contribution is 0.184. The number of nitrogens with two attached hydrogens (primary N) is 1. The Labute approximate surface area is 196 Å². The van der Waals surface area contributed by atoms with E-state index in [0.717, 1.165) is 46.2 Å². The molecule has 1 unspecified atom stereocenters. The summed E-state index contributed by atoms with van der Waals surface area (Å²) in [5.41, 5.74) is 9.90. The second-order valence-corrected chi connectivity index (χ2v) is 9.00. The van der Waals surface area contributed by atoms with Gasteiger partial charge in [-0.05, 0) is 67.6 Å². The van der Waals surface area contributed by atoms with Gasteiger partial charge >= 0.3 is 0 Å². The van der Waals surface area contributed by atoms with Crippen molar-refractivity contribution in [2.24, 2.45) is 5.92 Å². The Morgan fingerprint density at radius 1 is 1.09 bits per heavy atom. The van der Waals surface area contributed by atoms with E-state index in [4.69, 9.17) is 5.73 Å². The molecule has 7 heteroatoms. The first-order chi connectivity index (χ1) is 16.7. The van der Waals surface area contributed by atoms with Crippen molar-refractivity contribution in [2.45, 2.75) is 18.9 Å². The number of nitrogen functional groups attached to an aromatic ring is 1. The van der Waals surface area contributed by atoms with Crippen LogP contribution in [0.2, 0.25) is 0 Å². The van der Waals surface area contributed by atoms with E-state index >= 15 is 0 Å². The van der Waals surface area contributed by atoms with Gasteiger partial charge in [0.15, 0.2) is 0 Å². The van der Waals surface area contributed by atoms with Crippen molar-refractivity contribution in [2.75, 3.05) is 19.3 Å². The summed E-state index contributed by atoms with van der Waals surface area (Å²) in [6, 6.07) is 18.0. The molecule has 6 rings (SSSR count). The third-order valence-electron chi connectivity index (χ3n) is 7.09. The summed E-state index contributed by atoms with van der Waals surface area (Å²) in [5.74, 6) is 1.01. The number of benzene rings is 2. The number of anilines is 1. The summed E-state index contributed by atoms with van der Waals surface area (Å²) in [4.78, 5) is 22.3. The monoisotopic (exact) mass is 450 g/mol. The standard InChI is InChI=1S/C27H26N6O/c1-29-14-19-9-10-23(19)33-15-22(24-25(28)30-16-31-26(24)33)18-8-7-17-11-12-32(27(34)21(17)13-18)20-5-3-2-4-6-20/h2-8,11-13,15-16,19,23,29H,9-10,14H2,1H3,(H2,28,30,31)/t19-,23?/m1/s1. The maximum atomic E-state index is 13.4. The smallest absolute Gasteiger partial charge is 0.262 e. The van der Waals surface area contributed by atoms with E-state index in [1.165, 1.54) is 12.7 Å². The zero-order chi connectivity index (χ0) is 23.2. The van der Waals surface area contributed by atoms with Gasteiger partial charge in [0, 0.05) is 35.1 Å². The lowest BCUT2D eigenvalue weighted by atomic mass is 9.79. The van der Waals surface area contributed by atoms with Gasteiger partial charge in [-0.2, -0.15) is 0 Å². The summed E-state index contributed by atoms with van der Waals surface area (Å²) in [6.07, 6.45) is 7.80. The summed E-state index contributed by atoms with van der Waals surface area (Å²) < 4.78 is 3.94. The molecule has 5 aromatic rings. The molecule has 3 heterocycles. The van der Waals surface area contributed by atoms with E-state index < -0.39 is 0 Å². The van der Waals surface area contributed by atoms with Crippen molar-refractivity contribution < 1.29 is 0 Å². The van der Waals surface area contributed by atoms with Crippen molar-refractivity contribution in [3.8, 4) is 16.8 Å². The molecule has 0 radical (unpaired) electrons. The van der Waals surface area contributed by atoms with Crippen molar-refractivity contribution >= 4 is 27.6 Å². The van der Waals surface area contributed by atoms with E-state index in [1.807, 2.05) is 67.8 Å². The summed E-state index contributed by atoms with van der Waals surface area (Å²) in [6.45, 7) is 0.968. The summed E-state index contributed by atoms with van der Waals surface area (Å²) in [7, 11) is 1.99. The van der Waals surface area contributed by atoms with E-state index in [-0.39, 0.29) is 5.56 Å². The molecule has 2 aromatic carbocycles. The zero-order valence-corrected chi connectivity index (χ0v) is 19.0. The van der Waals surface area contributed by atoms with Gasteiger partial charge in [0.05, 0.1) is 5.39 Å². The van der Waals surface area contributed by atoms with Gasteiger partial charge in [-0.25, -0.2) is 9.97 Å². The van der Waals surface area contributed by atoms with Crippen LogP contribution in [0.1, 0.15) is 18.9 Å². The zero-order valence-electron chi connectivity index (χ0n) is 19.0. The van der Waals surface area contributed by atoms with Crippen LogP contribution in [0.15, 0.2) is 78.1 Å². The number of fused-ring (bicyclic) bond motifs is 2. The molecule has 0 amide bonds. The summed E-state index contributed by atoms with van der Waals surface area (Å²) >= 11 is 0. The Bertz CT molecular complexity index is 1570. The molecule has 34 heavy (non-hydrogen) atoms. The van der Waals surface area contributed by atoms with Gasteiger partial charge in [0.25, 0.3) is 5.56 Å². The SMILES string of the molecule is CNC[C@H]1CCC1n1cc(-c2ccc3ccn(-c4ccccc4)c(=O)c3c2)c2c(N)ncnc21. The van der Waals surface area contributed by atoms with Gasteiger partial charge in [0.2, 0.25) is 0 Å². The molecule has 1 aliphatic carbocycles. The largest absolute Gasteiger partial charge is 0.383 e. The first-order valence-electron chi connectivity index (χ1n) is 11.6. The van der Waals surface area contributed by atoms with Crippen LogP contribution in [0.3, 0.4) is 0 Å². The quantitative estimate of drug-likeness (QED) is 0.420. The molecular formula is C27H26N6O. The Balaban J connectivity index is 1.53. The number of pyridine rings is 1. The van der Waals surface area contributed by atoms with Gasteiger partial charge in [-0.1, -0.05) is 30.3 Å². The fourth-order valence-electron chi connectivity index (χ4n) is 5.20. The Hall–Kier alpha value is -3.97. The Kier molecular flexibility index (Phi) is 4.92. The van der Waals surface area contributed by atoms with E-state index in [0.29, 0.717) is 23.2 Å². The van der Waals surface area contributed by atoms with Crippen LogP contribution in [-0.4, -0.2) is 32.7 Å². The van der Waals surface area contributed by atoms with Crippen LogP contribution in [-0.2, 0) is 0 Å². The molecule has 0 aliphatic heterocycles. The molecule has 3 N–H and O–H groups in total. The summed E-state index contributed by atoms with van der Waals surface area (Å²) in [5, 5.41) is 5.72. The molecule has 0 bridgehead atoms. The number of para-hydroxylation sites is 1. The van der Waals surface area contributed by atoms with Gasteiger partial charge in [-0.15, -0.1) is 0 Å². The minimum absolute atomic E-state index is 0.0495. The van der Waals surface area contributed by atoms with Crippen molar-refractivity contribution in [3.63, 3.8) is 0 Å². The second kappa shape index (κ2) is 8.11. The predicted octanol–water partition coefficient (Wildman–Crippen LogP) is 4.16. The van der Waals surface area contributed by atoms with Gasteiger partial charge in [-0.3, -0.25) is 9.36 Å². The fourth-order valence-corrected chi connectivity index (χ4v) is 5.20. The van der Waals surface area contributed by atoms with Crippen LogP contribution in [0.4, 0.5) is 5.82 Å². The van der Waals surface area contributed by atoms with E-state index in [1.54, 1.807) is 4.57 Å². The number of hydrogen-bond donors (Lipinski definition) is 2. The van der Waals surface area contributed by atoms with Crippen molar-refractivity contribution in [1.29, 1.82) is 0 Å². The third kappa shape index (κ3) is 3.20. The first-order valence-corrected chi connectivity index (χ1v) is 11.6. The lowest BCUT2D eigenvalue weighted by Gasteiger charge is -2.38. The highest BCUT2D eigenvalue weighted by Crippen LogP contribution is 2.43. The highest BCUT2D eigenvalue weighted by Gasteiger charge is 2.33. The highest BCUT2D eigenvalue weighted by atomic mass is 16.1. The molecule has 1 saturated carbocycles. The molecule has 170 valence electrons. The van der Waals surface area contributed by atoms with E-state index in [2.05, 4.69) is 26.0 Å². The molecule has 2 atom stereocenters. The average Bonchev–Trinajstić information content (AvgIpc) is 3.23. The maximum Gasteiger partial charge on any atom is 0.262 e. The molecule has 0 saturated heterocycles. The van der Waals surface area contributed by atoms with Crippen LogP contribution in [0.25, 0.3) is 38.6 Å². The van der Waals surface area contributed by atoms with Crippen molar-refractivity contribution in [3.05, 3.63) is 83.7 Å². The lowest BCUT2D eigenvalue weighted by Crippen LogP contribution is -2.35.